The summed E-state index contributed by atoms with van der Waals surface area (Å²) in [6, 6.07) is 13.1. The highest BCUT2D eigenvalue weighted by atomic mass is 35.5. The van der Waals surface area contributed by atoms with Gasteiger partial charge in [-0.3, -0.25) is 4.79 Å². The Morgan fingerprint density at radius 2 is 1.81 bits per heavy atom. The number of nitrogens with one attached hydrogen (secondary N) is 1. The van der Waals surface area contributed by atoms with Crippen LogP contribution in [0.25, 0.3) is 0 Å². The minimum atomic E-state index is -3.39. The number of ether oxygens (including phenoxy) is 1. The zero-order valence-electron chi connectivity index (χ0n) is 14.0. The summed E-state index contributed by atoms with van der Waals surface area (Å²) in [4.78, 5) is 12.0. The topological polar surface area (TPSA) is 72.5 Å². The number of carbonyl (C=O) groups is 1. The number of sulfone groups is 1. The summed E-state index contributed by atoms with van der Waals surface area (Å²) in [6.45, 7) is 0.386. The van der Waals surface area contributed by atoms with Gasteiger partial charge in [0.25, 0.3) is 0 Å². The Kier molecular flexibility index (Phi) is 7.75. The molecule has 1 amide bonds. The SMILES string of the molecule is O=C(CCCOc1ccc(Cl)cc1Cl)NCCS(=O)(=O)c1ccccc1. The second-order valence-corrected chi connectivity index (χ2v) is 8.46. The minimum Gasteiger partial charge on any atom is -0.492 e. The average molecular weight is 416 g/mol. The van der Waals surface area contributed by atoms with E-state index < -0.39 is 9.84 Å². The van der Waals surface area contributed by atoms with Gasteiger partial charge < -0.3 is 10.1 Å². The van der Waals surface area contributed by atoms with Crippen molar-refractivity contribution in [2.45, 2.75) is 17.7 Å². The normalized spacial score (nSPS) is 11.2. The van der Waals surface area contributed by atoms with Crippen molar-refractivity contribution in [3.05, 3.63) is 58.6 Å². The molecule has 0 bridgehead atoms. The number of amides is 1. The van der Waals surface area contributed by atoms with E-state index in [4.69, 9.17) is 27.9 Å². The molecule has 0 aliphatic carbocycles. The lowest BCUT2D eigenvalue weighted by Crippen LogP contribution is -2.29. The molecule has 0 atom stereocenters. The standard InChI is InChI=1S/C18H19Cl2NO4S/c19-14-8-9-17(16(20)13-14)25-11-4-7-18(22)21-10-12-26(23,24)15-5-2-1-3-6-15/h1-3,5-6,8-9,13H,4,7,10-12H2,(H,21,22). The molecule has 0 saturated carbocycles. The van der Waals surface area contributed by atoms with Gasteiger partial charge in [0.2, 0.25) is 5.91 Å². The van der Waals surface area contributed by atoms with Crippen molar-refractivity contribution in [1.29, 1.82) is 0 Å². The van der Waals surface area contributed by atoms with Gasteiger partial charge in [0.05, 0.1) is 22.3 Å². The number of halogens is 2. The van der Waals surface area contributed by atoms with Gasteiger partial charge in [0.15, 0.2) is 9.84 Å². The second kappa shape index (κ2) is 9.80. The molecule has 0 radical (unpaired) electrons. The summed E-state index contributed by atoms with van der Waals surface area (Å²) < 4.78 is 29.7. The van der Waals surface area contributed by atoms with Crippen LogP contribution in [0.4, 0.5) is 0 Å². The summed E-state index contributed by atoms with van der Waals surface area (Å²) in [6.07, 6.45) is 0.715. The highest BCUT2D eigenvalue weighted by Gasteiger charge is 2.14. The maximum absolute atomic E-state index is 12.1. The molecule has 5 nitrogen and oxygen atoms in total. The van der Waals surface area contributed by atoms with Crippen molar-refractivity contribution in [3.63, 3.8) is 0 Å². The highest BCUT2D eigenvalue weighted by Crippen LogP contribution is 2.27. The summed E-state index contributed by atoms with van der Waals surface area (Å²) >= 11 is 11.8. The average Bonchev–Trinajstić information content (AvgIpc) is 2.61. The fraction of sp³-hybridized carbons (Fsp3) is 0.278. The first-order chi connectivity index (χ1) is 12.4. The van der Waals surface area contributed by atoms with Gasteiger partial charge in [-0.2, -0.15) is 0 Å². The summed E-state index contributed by atoms with van der Waals surface area (Å²) in [5, 5.41) is 3.54. The smallest absolute Gasteiger partial charge is 0.220 e. The summed E-state index contributed by atoms with van der Waals surface area (Å²) in [5.41, 5.74) is 0. The van der Waals surface area contributed by atoms with Crippen LogP contribution in [-0.4, -0.2) is 33.2 Å². The van der Waals surface area contributed by atoms with E-state index in [-0.39, 0.29) is 29.5 Å². The van der Waals surface area contributed by atoms with Gasteiger partial charge >= 0.3 is 0 Å². The molecule has 0 aliphatic heterocycles. The predicted octanol–water partition coefficient (Wildman–Crippen LogP) is 3.74. The molecule has 0 unspecified atom stereocenters. The third-order valence-corrected chi connectivity index (χ3v) is 5.76. The first-order valence-electron chi connectivity index (χ1n) is 8.01. The number of benzene rings is 2. The van der Waals surface area contributed by atoms with E-state index in [0.717, 1.165) is 0 Å². The lowest BCUT2D eigenvalue weighted by molar-refractivity contribution is -0.121. The van der Waals surface area contributed by atoms with Gasteiger partial charge in [0, 0.05) is 18.0 Å². The van der Waals surface area contributed by atoms with Crippen LogP contribution in [0.1, 0.15) is 12.8 Å². The molecule has 0 heterocycles. The van der Waals surface area contributed by atoms with E-state index in [2.05, 4.69) is 5.32 Å². The maximum Gasteiger partial charge on any atom is 0.220 e. The third kappa shape index (κ3) is 6.52. The zero-order chi connectivity index (χ0) is 19.0. The Balaban J connectivity index is 1.66. The number of rotatable bonds is 9. The molecule has 2 aromatic carbocycles. The molecule has 0 fully saturated rings. The molecular formula is C18H19Cl2NO4S. The fourth-order valence-electron chi connectivity index (χ4n) is 2.17. The maximum atomic E-state index is 12.1. The van der Waals surface area contributed by atoms with Crippen LogP contribution in [0.2, 0.25) is 10.0 Å². The van der Waals surface area contributed by atoms with Crippen LogP contribution >= 0.6 is 23.2 Å². The van der Waals surface area contributed by atoms with Crippen LogP contribution in [0.15, 0.2) is 53.4 Å². The van der Waals surface area contributed by atoms with E-state index >= 15 is 0 Å². The van der Waals surface area contributed by atoms with E-state index in [1.807, 2.05) is 0 Å². The van der Waals surface area contributed by atoms with Gasteiger partial charge in [-0.15, -0.1) is 0 Å². The molecule has 0 spiro atoms. The van der Waals surface area contributed by atoms with Crippen LogP contribution in [0.5, 0.6) is 5.75 Å². The molecule has 2 aromatic rings. The Morgan fingerprint density at radius 3 is 2.50 bits per heavy atom. The quantitative estimate of drug-likeness (QED) is 0.632. The molecule has 26 heavy (non-hydrogen) atoms. The van der Waals surface area contributed by atoms with Crippen molar-refractivity contribution in [1.82, 2.24) is 5.32 Å². The largest absolute Gasteiger partial charge is 0.492 e. The van der Waals surface area contributed by atoms with Crippen molar-refractivity contribution in [3.8, 4) is 5.75 Å². The van der Waals surface area contributed by atoms with Gasteiger partial charge in [-0.1, -0.05) is 41.4 Å². The molecular weight excluding hydrogens is 397 g/mol. The van der Waals surface area contributed by atoms with Crippen LogP contribution in [0.3, 0.4) is 0 Å². The van der Waals surface area contributed by atoms with Crippen molar-refractivity contribution < 1.29 is 17.9 Å². The fourth-order valence-corrected chi connectivity index (χ4v) is 3.81. The molecule has 8 heteroatoms. The third-order valence-electron chi connectivity index (χ3n) is 3.49. The van der Waals surface area contributed by atoms with Gasteiger partial charge in [-0.25, -0.2) is 8.42 Å². The first kappa shape index (κ1) is 20.6. The van der Waals surface area contributed by atoms with E-state index in [1.54, 1.807) is 36.4 Å². The van der Waals surface area contributed by atoms with Gasteiger partial charge in [-0.05, 0) is 36.8 Å². The second-order valence-electron chi connectivity index (χ2n) is 5.51. The Bertz CT molecular complexity index is 842. The molecule has 2 rings (SSSR count). The predicted molar refractivity (Wildman–Crippen MR) is 103 cm³/mol. The van der Waals surface area contributed by atoms with E-state index in [1.165, 1.54) is 12.1 Å². The first-order valence-corrected chi connectivity index (χ1v) is 10.4. The molecule has 0 saturated heterocycles. The van der Waals surface area contributed by atoms with Crippen molar-refractivity contribution >= 4 is 38.9 Å². The van der Waals surface area contributed by atoms with E-state index in [0.29, 0.717) is 28.8 Å². The van der Waals surface area contributed by atoms with Crippen LogP contribution < -0.4 is 10.1 Å². The monoisotopic (exact) mass is 415 g/mol. The summed E-state index contributed by atoms with van der Waals surface area (Å²) in [7, 11) is -3.39. The lowest BCUT2D eigenvalue weighted by Gasteiger charge is -2.09. The lowest BCUT2D eigenvalue weighted by atomic mass is 10.3. The number of carbonyl (C=O) groups excluding carboxylic acids is 1. The number of hydrogen-bond donors (Lipinski definition) is 1. The van der Waals surface area contributed by atoms with E-state index in [9.17, 15) is 13.2 Å². The Hall–Kier alpha value is -1.76. The molecule has 1 N–H and O–H groups in total. The van der Waals surface area contributed by atoms with Crippen LogP contribution in [-0.2, 0) is 14.6 Å². The van der Waals surface area contributed by atoms with Crippen molar-refractivity contribution in [2.24, 2.45) is 0 Å². The van der Waals surface area contributed by atoms with Crippen LogP contribution in [0, 0.1) is 0 Å². The minimum absolute atomic E-state index is 0.0694. The highest BCUT2D eigenvalue weighted by molar-refractivity contribution is 7.91. The molecule has 140 valence electrons. The molecule has 0 aromatic heterocycles. The zero-order valence-corrected chi connectivity index (χ0v) is 16.3. The van der Waals surface area contributed by atoms with Gasteiger partial charge in [0.1, 0.15) is 5.75 Å². The Morgan fingerprint density at radius 1 is 1.08 bits per heavy atom. The Labute approximate surface area is 163 Å². The van der Waals surface area contributed by atoms with Crippen molar-refractivity contribution in [2.75, 3.05) is 18.9 Å². The summed E-state index contributed by atoms with van der Waals surface area (Å²) in [5.74, 6) is 0.143. The molecule has 0 aliphatic rings. The number of hydrogen-bond acceptors (Lipinski definition) is 4.